The monoisotopic (exact) mass is 441 g/mol. The number of rotatable bonds is 4. The Morgan fingerprint density at radius 2 is 1.55 bits per heavy atom. The molecule has 0 bridgehead atoms. The number of carbonyl (C=O) groups excluding carboxylic acids is 2. The predicted molar refractivity (Wildman–Crippen MR) is 126 cm³/mol. The third-order valence-corrected chi connectivity index (χ3v) is 6.65. The summed E-state index contributed by atoms with van der Waals surface area (Å²) in [6.07, 6.45) is 8.29. The normalized spacial score (nSPS) is 27.0. The molecule has 0 aromatic heterocycles. The summed E-state index contributed by atoms with van der Waals surface area (Å²) in [6, 6.07) is 20.9. The van der Waals surface area contributed by atoms with Gasteiger partial charge in [-0.05, 0) is 47.5 Å². The van der Waals surface area contributed by atoms with Crippen LogP contribution >= 0.6 is 0 Å². The quantitative estimate of drug-likeness (QED) is 0.558. The minimum absolute atomic E-state index is 0.0446. The number of hydrogen-bond donors (Lipinski definition) is 1. The van der Waals surface area contributed by atoms with E-state index in [4.69, 9.17) is 9.47 Å². The van der Waals surface area contributed by atoms with Gasteiger partial charge in [-0.25, -0.2) is 9.59 Å². The highest BCUT2D eigenvalue weighted by molar-refractivity contribution is 5.92. The standard InChI is InChI=1S/C28H27NO4/c30-24-14-15-25(31)33-28-27(32-24)23(16-17-29-28)26(20-10-5-2-6-11-20)22-13-7-12-21(18-22)19-8-3-1-4-9-19/h1-6,8-12,14-16,22,26-29H,7,13,17-18H2/b15-14-. The van der Waals surface area contributed by atoms with Crippen LogP contribution in [-0.2, 0) is 19.1 Å². The average molecular weight is 442 g/mol. The summed E-state index contributed by atoms with van der Waals surface area (Å²) in [4.78, 5) is 24.5. The molecule has 5 nitrogen and oxygen atoms in total. The number of benzene rings is 2. The lowest BCUT2D eigenvalue weighted by Crippen LogP contribution is -2.51. The molecule has 0 saturated carbocycles. The lowest BCUT2D eigenvalue weighted by atomic mass is 9.70. The molecule has 0 spiro atoms. The first-order valence-electron chi connectivity index (χ1n) is 11.5. The van der Waals surface area contributed by atoms with Crippen LogP contribution in [0.5, 0.6) is 0 Å². The van der Waals surface area contributed by atoms with Gasteiger partial charge in [-0.3, -0.25) is 5.32 Å². The molecule has 4 atom stereocenters. The fourth-order valence-corrected chi connectivity index (χ4v) is 5.20. The van der Waals surface area contributed by atoms with E-state index >= 15 is 0 Å². The molecule has 2 aromatic carbocycles. The van der Waals surface area contributed by atoms with Crippen molar-refractivity contribution in [3.8, 4) is 0 Å². The summed E-state index contributed by atoms with van der Waals surface area (Å²) in [6.45, 7) is 0.544. The molecule has 0 saturated heterocycles. The van der Waals surface area contributed by atoms with Gasteiger partial charge in [0, 0.05) is 24.6 Å². The molecule has 1 N–H and O–H groups in total. The molecule has 0 amide bonds. The van der Waals surface area contributed by atoms with Gasteiger partial charge >= 0.3 is 11.9 Å². The number of nitrogens with one attached hydrogen (secondary N) is 1. The van der Waals surface area contributed by atoms with Crippen molar-refractivity contribution >= 4 is 17.5 Å². The van der Waals surface area contributed by atoms with Crippen molar-refractivity contribution in [1.82, 2.24) is 5.32 Å². The number of carbonyl (C=O) groups is 2. The summed E-state index contributed by atoms with van der Waals surface area (Å²) in [5.41, 5.74) is 4.79. The summed E-state index contributed by atoms with van der Waals surface area (Å²) in [5, 5.41) is 3.17. The lowest BCUT2D eigenvalue weighted by Gasteiger charge is -2.40. The zero-order valence-electron chi connectivity index (χ0n) is 18.4. The Morgan fingerprint density at radius 3 is 2.30 bits per heavy atom. The number of esters is 2. The zero-order valence-corrected chi connectivity index (χ0v) is 18.4. The van der Waals surface area contributed by atoms with Gasteiger partial charge in [0.1, 0.15) is 0 Å². The van der Waals surface area contributed by atoms with Gasteiger partial charge in [0.2, 0.25) is 0 Å². The van der Waals surface area contributed by atoms with Gasteiger partial charge in [-0.1, -0.05) is 72.8 Å². The Kier molecular flexibility index (Phi) is 6.22. The van der Waals surface area contributed by atoms with Crippen molar-refractivity contribution in [3.05, 3.63) is 102 Å². The van der Waals surface area contributed by atoms with E-state index in [9.17, 15) is 9.59 Å². The molecule has 5 rings (SSSR count). The van der Waals surface area contributed by atoms with E-state index in [-0.39, 0.29) is 5.92 Å². The third kappa shape index (κ3) is 4.69. The van der Waals surface area contributed by atoms with E-state index in [0.29, 0.717) is 12.5 Å². The van der Waals surface area contributed by atoms with Crippen LogP contribution in [-0.4, -0.2) is 30.8 Å². The topological polar surface area (TPSA) is 64.6 Å². The largest absolute Gasteiger partial charge is 0.449 e. The molecule has 1 aliphatic carbocycles. The van der Waals surface area contributed by atoms with Crippen LogP contribution < -0.4 is 5.32 Å². The van der Waals surface area contributed by atoms with Crippen LogP contribution in [0.3, 0.4) is 0 Å². The number of allylic oxidation sites excluding steroid dienone is 2. The summed E-state index contributed by atoms with van der Waals surface area (Å²) in [5.74, 6) is -0.702. The highest BCUT2D eigenvalue weighted by atomic mass is 16.6. The maximum atomic E-state index is 12.4. The van der Waals surface area contributed by atoms with Crippen molar-refractivity contribution in [2.75, 3.05) is 6.54 Å². The molecule has 4 unspecified atom stereocenters. The van der Waals surface area contributed by atoms with Crippen LogP contribution in [0.15, 0.2) is 90.5 Å². The van der Waals surface area contributed by atoms with Crippen molar-refractivity contribution in [2.24, 2.45) is 5.92 Å². The van der Waals surface area contributed by atoms with E-state index in [1.807, 2.05) is 24.3 Å². The number of fused-ring (bicyclic) bond motifs is 1. The van der Waals surface area contributed by atoms with Crippen LogP contribution in [0.4, 0.5) is 0 Å². The van der Waals surface area contributed by atoms with E-state index < -0.39 is 24.3 Å². The highest BCUT2D eigenvalue weighted by Crippen LogP contribution is 2.45. The molecule has 0 fully saturated rings. The zero-order chi connectivity index (χ0) is 22.6. The Morgan fingerprint density at radius 1 is 0.848 bits per heavy atom. The lowest BCUT2D eigenvalue weighted by molar-refractivity contribution is -0.164. The number of hydrogen-bond acceptors (Lipinski definition) is 5. The minimum Gasteiger partial charge on any atom is -0.449 e. The van der Waals surface area contributed by atoms with E-state index in [2.05, 4.69) is 53.9 Å². The average Bonchev–Trinajstić information content (AvgIpc) is 2.85. The summed E-state index contributed by atoms with van der Waals surface area (Å²) >= 11 is 0. The molecule has 33 heavy (non-hydrogen) atoms. The maximum absolute atomic E-state index is 12.4. The van der Waals surface area contributed by atoms with Gasteiger partial charge in [0.15, 0.2) is 12.3 Å². The molecule has 3 aliphatic rings. The smallest absolute Gasteiger partial charge is 0.332 e. The summed E-state index contributed by atoms with van der Waals surface area (Å²) < 4.78 is 11.4. The molecule has 2 aromatic rings. The van der Waals surface area contributed by atoms with Crippen LogP contribution in [0.2, 0.25) is 0 Å². The summed E-state index contributed by atoms with van der Waals surface area (Å²) in [7, 11) is 0. The van der Waals surface area contributed by atoms with Gasteiger partial charge in [-0.15, -0.1) is 0 Å². The molecule has 0 radical (unpaired) electrons. The molecule has 2 aliphatic heterocycles. The highest BCUT2D eigenvalue weighted by Gasteiger charge is 2.41. The number of ether oxygens (including phenoxy) is 2. The second kappa shape index (κ2) is 9.59. The predicted octanol–water partition coefficient (Wildman–Crippen LogP) is 4.53. The van der Waals surface area contributed by atoms with Gasteiger partial charge in [0.25, 0.3) is 0 Å². The fraction of sp³-hybridized carbons (Fsp3) is 0.286. The Balaban J connectivity index is 1.51. The molecule has 168 valence electrons. The fourth-order valence-electron chi connectivity index (χ4n) is 5.20. The molecular formula is C28H27NO4. The van der Waals surface area contributed by atoms with E-state index in [1.54, 1.807) is 0 Å². The molecule has 5 heteroatoms. The molecule has 2 heterocycles. The third-order valence-electron chi connectivity index (χ3n) is 6.65. The first-order valence-corrected chi connectivity index (χ1v) is 11.5. The molecular weight excluding hydrogens is 414 g/mol. The van der Waals surface area contributed by atoms with Crippen LogP contribution in [0.25, 0.3) is 5.57 Å². The maximum Gasteiger partial charge on any atom is 0.332 e. The van der Waals surface area contributed by atoms with Crippen LogP contribution in [0, 0.1) is 5.92 Å². The first-order chi connectivity index (χ1) is 16.2. The van der Waals surface area contributed by atoms with Crippen molar-refractivity contribution < 1.29 is 19.1 Å². The SMILES string of the molecule is O=C1/C=C\C(=O)OC2C(C(c3ccccc3)C3CCC=C(c4ccccc4)C3)=CCNC2O1. The van der Waals surface area contributed by atoms with Gasteiger partial charge in [0.05, 0.1) is 0 Å². The second-order valence-electron chi connectivity index (χ2n) is 8.69. The Labute approximate surface area is 193 Å². The van der Waals surface area contributed by atoms with Crippen molar-refractivity contribution in [2.45, 2.75) is 37.5 Å². The first kappa shape index (κ1) is 21.4. The van der Waals surface area contributed by atoms with Crippen LogP contribution in [0.1, 0.15) is 36.3 Å². The van der Waals surface area contributed by atoms with Gasteiger partial charge < -0.3 is 9.47 Å². The van der Waals surface area contributed by atoms with Crippen molar-refractivity contribution in [3.63, 3.8) is 0 Å². The minimum atomic E-state index is -0.703. The second-order valence-corrected chi connectivity index (χ2v) is 8.69. The van der Waals surface area contributed by atoms with Crippen molar-refractivity contribution in [1.29, 1.82) is 0 Å². The van der Waals surface area contributed by atoms with Gasteiger partial charge in [-0.2, -0.15) is 0 Å². The van der Waals surface area contributed by atoms with E-state index in [1.165, 1.54) is 16.7 Å². The Hall–Kier alpha value is -3.44. The van der Waals surface area contributed by atoms with E-state index in [0.717, 1.165) is 37.0 Å². The Bertz CT molecular complexity index is 1100.